The van der Waals surface area contributed by atoms with Crippen LogP contribution in [-0.2, 0) is 11.2 Å². The smallest absolute Gasteiger partial charge is 0.129 e. The van der Waals surface area contributed by atoms with Crippen LogP contribution in [0.25, 0.3) is 0 Å². The summed E-state index contributed by atoms with van der Waals surface area (Å²) in [5.41, 5.74) is 0.478. The van der Waals surface area contributed by atoms with Gasteiger partial charge in [0.25, 0.3) is 0 Å². The molecular formula is C15H19ClF2O. The molecule has 2 unspecified atom stereocenters. The third-order valence-corrected chi connectivity index (χ3v) is 3.90. The summed E-state index contributed by atoms with van der Waals surface area (Å²) in [5.74, 6) is -1.07. The normalized spacial score (nSPS) is 21.3. The number of hydrogen-bond acceptors (Lipinski definition) is 1. The molecule has 1 aliphatic heterocycles. The van der Waals surface area contributed by atoms with Crippen LogP contribution in [0.15, 0.2) is 18.2 Å². The number of alkyl halides is 1. The van der Waals surface area contributed by atoms with Gasteiger partial charge in [-0.2, -0.15) is 0 Å². The van der Waals surface area contributed by atoms with E-state index < -0.39 is 11.6 Å². The largest absolute Gasteiger partial charge is 0.378 e. The van der Waals surface area contributed by atoms with E-state index in [0.717, 1.165) is 38.4 Å². The zero-order valence-electron chi connectivity index (χ0n) is 10.9. The fourth-order valence-corrected chi connectivity index (χ4v) is 2.72. The predicted octanol–water partition coefficient (Wildman–Crippen LogP) is 4.46. The van der Waals surface area contributed by atoms with E-state index in [4.69, 9.17) is 16.3 Å². The third-order valence-electron chi connectivity index (χ3n) is 3.53. The molecule has 0 N–H and O–H groups in total. The van der Waals surface area contributed by atoms with Gasteiger partial charge in [-0.3, -0.25) is 0 Å². The minimum atomic E-state index is -0.553. The Morgan fingerprint density at radius 3 is 2.84 bits per heavy atom. The predicted molar refractivity (Wildman–Crippen MR) is 72.5 cm³/mol. The van der Waals surface area contributed by atoms with E-state index in [2.05, 4.69) is 0 Å². The summed E-state index contributed by atoms with van der Waals surface area (Å²) >= 11 is 6.23. The van der Waals surface area contributed by atoms with E-state index >= 15 is 0 Å². The first-order valence-electron chi connectivity index (χ1n) is 6.85. The summed E-state index contributed by atoms with van der Waals surface area (Å²) in [6.45, 7) is 0.838. The van der Waals surface area contributed by atoms with Crippen molar-refractivity contribution in [2.75, 3.05) is 6.61 Å². The molecule has 1 heterocycles. The average molecular weight is 289 g/mol. The highest BCUT2D eigenvalue weighted by Gasteiger charge is 2.17. The van der Waals surface area contributed by atoms with Gasteiger partial charge in [0.05, 0.1) is 6.10 Å². The summed E-state index contributed by atoms with van der Waals surface area (Å²) in [5, 5.41) is -0.134. The van der Waals surface area contributed by atoms with Crippen LogP contribution in [0.3, 0.4) is 0 Å². The molecule has 106 valence electrons. The van der Waals surface area contributed by atoms with Crippen LogP contribution in [0, 0.1) is 11.6 Å². The van der Waals surface area contributed by atoms with Gasteiger partial charge in [-0.15, -0.1) is 11.6 Å². The van der Waals surface area contributed by atoms with Crippen molar-refractivity contribution in [2.24, 2.45) is 0 Å². The number of benzene rings is 1. The Morgan fingerprint density at radius 2 is 2.16 bits per heavy atom. The van der Waals surface area contributed by atoms with Crippen LogP contribution in [0.4, 0.5) is 8.78 Å². The molecule has 0 radical (unpaired) electrons. The van der Waals surface area contributed by atoms with E-state index in [1.54, 1.807) is 0 Å². The monoisotopic (exact) mass is 288 g/mol. The van der Waals surface area contributed by atoms with Crippen molar-refractivity contribution >= 4 is 11.6 Å². The molecule has 1 fully saturated rings. The van der Waals surface area contributed by atoms with Gasteiger partial charge in [0.2, 0.25) is 0 Å². The maximum absolute atomic E-state index is 13.5. The molecule has 2 rings (SSSR count). The van der Waals surface area contributed by atoms with Gasteiger partial charge in [-0.1, -0.05) is 6.07 Å². The average Bonchev–Trinajstić information content (AvgIpc) is 2.41. The van der Waals surface area contributed by atoms with Gasteiger partial charge in [-0.25, -0.2) is 8.78 Å². The van der Waals surface area contributed by atoms with Gasteiger partial charge < -0.3 is 4.74 Å². The molecule has 0 spiro atoms. The molecule has 1 aromatic carbocycles. The van der Waals surface area contributed by atoms with E-state index in [0.29, 0.717) is 18.1 Å². The zero-order valence-corrected chi connectivity index (χ0v) is 11.6. The Kier molecular flexibility index (Phi) is 5.59. The molecule has 19 heavy (non-hydrogen) atoms. The lowest BCUT2D eigenvalue weighted by atomic mass is 10.0. The molecule has 0 bridgehead atoms. The van der Waals surface area contributed by atoms with E-state index in [9.17, 15) is 8.78 Å². The van der Waals surface area contributed by atoms with Crippen molar-refractivity contribution in [3.8, 4) is 0 Å². The Morgan fingerprint density at radius 1 is 1.32 bits per heavy atom. The molecule has 0 amide bonds. The first-order chi connectivity index (χ1) is 9.15. The van der Waals surface area contributed by atoms with Crippen molar-refractivity contribution in [3.05, 3.63) is 35.4 Å². The molecule has 1 aromatic rings. The molecule has 0 saturated carbocycles. The molecule has 1 saturated heterocycles. The Bertz CT molecular complexity index is 405. The second-order valence-electron chi connectivity index (χ2n) is 5.10. The van der Waals surface area contributed by atoms with Crippen LogP contribution in [0.1, 0.15) is 37.7 Å². The second kappa shape index (κ2) is 7.20. The quantitative estimate of drug-likeness (QED) is 0.727. The number of rotatable bonds is 5. The van der Waals surface area contributed by atoms with Crippen LogP contribution < -0.4 is 0 Å². The van der Waals surface area contributed by atoms with Crippen molar-refractivity contribution < 1.29 is 13.5 Å². The van der Waals surface area contributed by atoms with Gasteiger partial charge in [-0.05, 0) is 50.2 Å². The summed E-state index contributed by atoms with van der Waals surface area (Å²) in [6.07, 6.45) is 5.88. The van der Waals surface area contributed by atoms with Crippen LogP contribution in [-0.4, -0.2) is 18.1 Å². The lowest BCUT2D eigenvalue weighted by molar-refractivity contribution is 0.0100. The first kappa shape index (κ1) is 14.7. The van der Waals surface area contributed by atoms with Crippen molar-refractivity contribution in [1.29, 1.82) is 0 Å². The minimum Gasteiger partial charge on any atom is -0.378 e. The summed E-state index contributed by atoms with van der Waals surface area (Å²) in [7, 11) is 0. The van der Waals surface area contributed by atoms with Crippen LogP contribution in [0.5, 0.6) is 0 Å². The number of halogens is 3. The molecule has 0 aliphatic carbocycles. The summed E-state index contributed by atoms with van der Waals surface area (Å²) < 4.78 is 31.9. The topological polar surface area (TPSA) is 9.23 Å². The van der Waals surface area contributed by atoms with Gasteiger partial charge >= 0.3 is 0 Å². The highest BCUT2D eigenvalue weighted by Crippen LogP contribution is 2.22. The number of hydrogen-bond donors (Lipinski definition) is 0. The Labute approximate surface area is 117 Å². The van der Waals surface area contributed by atoms with Gasteiger partial charge in [0.1, 0.15) is 11.6 Å². The first-order valence-corrected chi connectivity index (χ1v) is 7.28. The molecule has 1 nitrogen and oxygen atoms in total. The standard InChI is InChI=1S/C15H19ClF2O/c16-12(5-7-14-3-1-2-8-19-14)9-11-4-6-13(17)10-15(11)18/h4,6,10,12,14H,1-3,5,7-9H2. The fourth-order valence-electron chi connectivity index (χ4n) is 2.43. The Balaban J connectivity index is 1.78. The van der Waals surface area contributed by atoms with Crippen LogP contribution >= 0.6 is 11.6 Å². The lowest BCUT2D eigenvalue weighted by Crippen LogP contribution is -2.20. The third kappa shape index (κ3) is 4.73. The minimum absolute atomic E-state index is 0.134. The zero-order chi connectivity index (χ0) is 13.7. The van der Waals surface area contributed by atoms with E-state index in [-0.39, 0.29) is 5.38 Å². The molecule has 2 atom stereocenters. The fraction of sp³-hybridized carbons (Fsp3) is 0.600. The molecular weight excluding hydrogens is 270 g/mol. The van der Waals surface area contributed by atoms with Crippen molar-refractivity contribution in [1.82, 2.24) is 0 Å². The maximum atomic E-state index is 13.5. The van der Waals surface area contributed by atoms with Gasteiger partial charge in [0, 0.05) is 18.1 Å². The number of ether oxygens (including phenoxy) is 1. The maximum Gasteiger partial charge on any atom is 0.129 e. The van der Waals surface area contributed by atoms with Crippen molar-refractivity contribution in [2.45, 2.75) is 50.0 Å². The van der Waals surface area contributed by atoms with Crippen LogP contribution in [0.2, 0.25) is 0 Å². The molecule has 0 aromatic heterocycles. The van der Waals surface area contributed by atoms with E-state index in [1.165, 1.54) is 18.6 Å². The van der Waals surface area contributed by atoms with Crippen molar-refractivity contribution in [3.63, 3.8) is 0 Å². The highest BCUT2D eigenvalue weighted by atomic mass is 35.5. The summed E-state index contributed by atoms with van der Waals surface area (Å²) in [4.78, 5) is 0. The molecule has 4 heteroatoms. The van der Waals surface area contributed by atoms with Gasteiger partial charge in [0.15, 0.2) is 0 Å². The molecule has 1 aliphatic rings. The summed E-state index contributed by atoms with van der Waals surface area (Å²) in [6, 6.07) is 3.65. The highest BCUT2D eigenvalue weighted by molar-refractivity contribution is 6.20. The Hall–Kier alpha value is -0.670. The SMILES string of the molecule is Fc1ccc(CC(Cl)CCC2CCCCO2)c(F)c1. The lowest BCUT2D eigenvalue weighted by Gasteiger charge is -2.23. The second-order valence-corrected chi connectivity index (χ2v) is 5.72. The van der Waals surface area contributed by atoms with E-state index in [1.807, 2.05) is 0 Å².